The topological polar surface area (TPSA) is 69.4 Å². The van der Waals surface area contributed by atoms with Crippen molar-refractivity contribution in [3.05, 3.63) is 35.5 Å². The highest BCUT2D eigenvalue weighted by Gasteiger charge is 2.11. The lowest BCUT2D eigenvalue weighted by atomic mass is 10.1. The van der Waals surface area contributed by atoms with Crippen molar-refractivity contribution in [2.45, 2.75) is 26.4 Å². The summed E-state index contributed by atoms with van der Waals surface area (Å²) in [5.74, 6) is 2.58. The van der Waals surface area contributed by atoms with Gasteiger partial charge in [-0.25, -0.2) is 0 Å². The Balaban J connectivity index is 2.03. The van der Waals surface area contributed by atoms with Crippen molar-refractivity contribution in [1.29, 1.82) is 0 Å². The summed E-state index contributed by atoms with van der Waals surface area (Å²) in [4.78, 5) is 0. The van der Waals surface area contributed by atoms with Crippen LogP contribution in [0.1, 0.15) is 30.3 Å². The number of hydrogen-bond acceptors (Lipinski definition) is 6. The summed E-state index contributed by atoms with van der Waals surface area (Å²) < 4.78 is 15.8. The van der Waals surface area contributed by atoms with Gasteiger partial charge in [-0.15, -0.1) is 10.2 Å². The van der Waals surface area contributed by atoms with Gasteiger partial charge in [0.25, 0.3) is 0 Å². The molecule has 0 aliphatic heterocycles. The van der Waals surface area contributed by atoms with E-state index >= 15 is 0 Å². The van der Waals surface area contributed by atoms with Gasteiger partial charge in [0, 0.05) is 13.0 Å². The first-order valence-corrected chi connectivity index (χ1v) is 6.38. The average molecular weight is 277 g/mol. The van der Waals surface area contributed by atoms with E-state index < -0.39 is 0 Å². The van der Waals surface area contributed by atoms with E-state index in [9.17, 15) is 0 Å². The summed E-state index contributed by atoms with van der Waals surface area (Å²) in [6.45, 7) is 4.36. The van der Waals surface area contributed by atoms with Gasteiger partial charge in [0.05, 0.1) is 20.8 Å². The Morgan fingerprint density at radius 1 is 1.20 bits per heavy atom. The van der Waals surface area contributed by atoms with E-state index in [1.165, 1.54) is 0 Å². The van der Waals surface area contributed by atoms with Gasteiger partial charge in [-0.1, -0.05) is 6.07 Å². The highest BCUT2D eigenvalue weighted by Crippen LogP contribution is 2.29. The Bertz CT molecular complexity index is 569. The number of benzene rings is 1. The van der Waals surface area contributed by atoms with Crippen LogP contribution in [0, 0.1) is 6.92 Å². The third-order valence-corrected chi connectivity index (χ3v) is 3.03. The molecule has 2 aromatic rings. The third kappa shape index (κ3) is 3.27. The number of aromatic nitrogens is 2. The highest BCUT2D eigenvalue weighted by atomic mass is 16.5. The SMILES string of the molecule is COc1ccc(C(C)NCc2nnc(C)o2)cc1OC. The summed E-state index contributed by atoms with van der Waals surface area (Å²) in [6.07, 6.45) is 0. The minimum Gasteiger partial charge on any atom is -0.493 e. The van der Waals surface area contributed by atoms with Crippen molar-refractivity contribution in [3.8, 4) is 11.5 Å². The number of aryl methyl sites for hydroxylation is 1. The quantitative estimate of drug-likeness (QED) is 0.873. The van der Waals surface area contributed by atoms with Crippen LogP contribution in [0.3, 0.4) is 0 Å². The molecule has 1 heterocycles. The normalized spacial score (nSPS) is 12.2. The molecule has 0 fully saturated rings. The zero-order valence-electron chi connectivity index (χ0n) is 12.1. The minimum absolute atomic E-state index is 0.127. The lowest BCUT2D eigenvalue weighted by Crippen LogP contribution is -2.18. The molecule has 1 aromatic carbocycles. The second kappa shape index (κ2) is 6.38. The fraction of sp³-hybridized carbons (Fsp3) is 0.429. The molecule has 6 nitrogen and oxygen atoms in total. The van der Waals surface area contributed by atoms with Crippen LogP contribution in [0.4, 0.5) is 0 Å². The molecule has 1 atom stereocenters. The summed E-state index contributed by atoms with van der Waals surface area (Å²) in [6, 6.07) is 5.97. The van der Waals surface area contributed by atoms with E-state index in [0.717, 1.165) is 11.3 Å². The van der Waals surface area contributed by atoms with Crippen LogP contribution in [-0.4, -0.2) is 24.4 Å². The number of ether oxygens (including phenoxy) is 2. The van der Waals surface area contributed by atoms with Gasteiger partial charge in [-0.3, -0.25) is 0 Å². The first-order valence-electron chi connectivity index (χ1n) is 6.38. The van der Waals surface area contributed by atoms with Crippen LogP contribution >= 0.6 is 0 Å². The molecule has 0 bridgehead atoms. The number of methoxy groups -OCH3 is 2. The van der Waals surface area contributed by atoms with E-state index in [-0.39, 0.29) is 6.04 Å². The number of nitrogens with zero attached hydrogens (tertiary/aromatic N) is 2. The van der Waals surface area contributed by atoms with Crippen molar-refractivity contribution in [3.63, 3.8) is 0 Å². The Kier molecular flexibility index (Phi) is 4.57. The number of rotatable bonds is 6. The maximum atomic E-state index is 5.32. The van der Waals surface area contributed by atoms with Gasteiger partial charge in [-0.2, -0.15) is 0 Å². The lowest BCUT2D eigenvalue weighted by molar-refractivity contribution is 0.353. The molecule has 1 aromatic heterocycles. The van der Waals surface area contributed by atoms with Gasteiger partial charge in [0.1, 0.15) is 0 Å². The predicted molar refractivity (Wildman–Crippen MR) is 73.8 cm³/mol. The monoisotopic (exact) mass is 277 g/mol. The molecule has 0 spiro atoms. The standard InChI is InChI=1S/C14H19N3O3/c1-9(15-8-14-17-16-10(2)20-14)11-5-6-12(18-3)13(7-11)19-4/h5-7,9,15H,8H2,1-4H3. The Labute approximate surface area is 118 Å². The molecule has 6 heteroatoms. The highest BCUT2D eigenvalue weighted by molar-refractivity contribution is 5.43. The molecular weight excluding hydrogens is 258 g/mol. The average Bonchev–Trinajstić information content (AvgIpc) is 2.89. The smallest absolute Gasteiger partial charge is 0.230 e. The van der Waals surface area contributed by atoms with Crippen molar-refractivity contribution >= 4 is 0 Å². The Morgan fingerprint density at radius 2 is 1.95 bits per heavy atom. The van der Waals surface area contributed by atoms with Crippen LogP contribution in [0.25, 0.3) is 0 Å². The molecule has 0 radical (unpaired) electrons. The van der Waals surface area contributed by atoms with Crippen LogP contribution in [0.2, 0.25) is 0 Å². The first-order chi connectivity index (χ1) is 9.63. The zero-order chi connectivity index (χ0) is 14.5. The molecular formula is C14H19N3O3. The van der Waals surface area contributed by atoms with Gasteiger partial charge >= 0.3 is 0 Å². The Hall–Kier alpha value is -2.08. The first kappa shape index (κ1) is 14.3. The molecule has 20 heavy (non-hydrogen) atoms. The number of nitrogens with one attached hydrogen (secondary N) is 1. The molecule has 1 unspecified atom stereocenters. The van der Waals surface area contributed by atoms with Crippen molar-refractivity contribution in [2.75, 3.05) is 14.2 Å². The van der Waals surface area contributed by atoms with E-state index in [1.807, 2.05) is 18.2 Å². The predicted octanol–water partition coefficient (Wildman–Crippen LogP) is 2.25. The summed E-state index contributed by atoms with van der Waals surface area (Å²) >= 11 is 0. The zero-order valence-corrected chi connectivity index (χ0v) is 12.1. The van der Waals surface area contributed by atoms with E-state index in [4.69, 9.17) is 13.9 Å². The minimum atomic E-state index is 0.127. The molecule has 1 N–H and O–H groups in total. The molecule has 0 amide bonds. The van der Waals surface area contributed by atoms with Crippen molar-refractivity contribution < 1.29 is 13.9 Å². The van der Waals surface area contributed by atoms with Gasteiger partial charge in [0.2, 0.25) is 11.8 Å². The second-order valence-electron chi connectivity index (χ2n) is 4.43. The van der Waals surface area contributed by atoms with Crippen molar-refractivity contribution in [2.24, 2.45) is 0 Å². The fourth-order valence-corrected chi connectivity index (χ4v) is 1.89. The lowest BCUT2D eigenvalue weighted by Gasteiger charge is -2.15. The molecule has 0 aliphatic carbocycles. The van der Waals surface area contributed by atoms with Gasteiger partial charge in [0.15, 0.2) is 11.5 Å². The van der Waals surface area contributed by atoms with Crippen LogP contribution < -0.4 is 14.8 Å². The summed E-state index contributed by atoms with van der Waals surface area (Å²) in [5.41, 5.74) is 1.10. The van der Waals surface area contributed by atoms with E-state index in [1.54, 1.807) is 21.1 Å². The molecule has 108 valence electrons. The van der Waals surface area contributed by atoms with Gasteiger partial charge < -0.3 is 19.2 Å². The fourth-order valence-electron chi connectivity index (χ4n) is 1.89. The molecule has 0 saturated heterocycles. The largest absolute Gasteiger partial charge is 0.493 e. The van der Waals surface area contributed by atoms with Crippen LogP contribution in [-0.2, 0) is 6.54 Å². The maximum Gasteiger partial charge on any atom is 0.230 e. The van der Waals surface area contributed by atoms with Crippen molar-refractivity contribution in [1.82, 2.24) is 15.5 Å². The van der Waals surface area contributed by atoms with Crippen LogP contribution in [0.5, 0.6) is 11.5 Å². The molecule has 0 saturated carbocycles. The maximum absolute atomic E-state index is 5.32. The molecule has 0 aliphatic rings. The number of hydrogen-bond donors (Lipinski definition) is 1. The Morgan fingerprint density at radius 3 is 2.55 bits per heavy atom. The third-order valence-electron chi connectivity index (χ3n) is 3.03. The summed E-state index contributed by atoms with van der Waals surface area (Å²) in [5, 5.41) is 11.1. The molecule has 2 rings (SSSR count). The second-order valence-corrected chi connectivity index (χ2v) is 4.43. The summed E-state index contributed by atoms with van der Waals surface area (Å²) in [7, 11) is 3.25. The van der Waals surface area contributed by atoms with E-state index in [0.29, 0.717) is 24.1 Å². The van der Waals surface area contributed by atoms with Gasteiger partial charge in [-0.05, 0) is 24.6 Å². The van der Waals surface area contributed by atoms with Crippen LogP contribution in [0.15, 0.2) is 22.6 Å². The van der Waals surface area contributed by atoms with E-state index in [2.05, 4.69) is 22.4 Å².